The zero-order valence-corrected chi connectivity index (χ0v) is 19.5. The molecule has 180 valence electrons. The number of carbonyl (C=O) groups is 2. The average Bonchev–Trinajstić information content (AvgIpc) is 3.58. The number of hydrogen-bond donors (Lipinski definition) is 1. The van der Waals surface area contributed by atoms with E-state index in [0.717, 1.165) is 42.4 Å². The Balaban J connectivity index is 1.44. The third-order valence-electron chi connectivity index (χ3n) is 6.86. The minimum absolute atomic E-state index is 0.0902. The zero-order chi connectivity index (χ0) is 23.7. The maximum Gasteiger partial charge on any atom is 0.315 e. The van der Waals surface area contributed by atoms with Gasteiger partial charge in [-0.1, -0.05) is 12.1 Å². The molecule has 34 heavy (non-hydrogen) atoms. The van der Waals surface area contributed by atoms with Gasteiger partial charge in [0, 0.05) is 30.5 Å². The minimum Gasteiger partial charge on any atom is -0.493 e. The van der Waals surface area contributed by atoms with Crippen molar-refractivity contribution in [3.05, 3.63) is 41.5 Å². The number of benzene rings is 2. The Hall–Kier alpha value is -3.26. The van der Waals surface area contributed by atoms with E-state index in [1.807, 2.05) is 30.3 Å². The fourth-order valence-corrected chi connectivity index (χ4v) is 4.60. The molecule has 0 bridgehead atoms. The van der Waals surface area contributed by atoms with Crippen molar-refractivity contribution in [3.8, 4) is 28.4 Å². The monoisotopic (exact) mass is 467 g/mol. The smallest absolute Gasteiger partial charge is 0.315 e. The molecule has 1 N–H and O–H groups in total. The number of fused-ring (bicyclic) bond motifs is 1. The van der Waals surface area contributed by atoms with Crippen LogP contribution in [0.25, 0.3) is 11.1 Å². The second kappa shape index (κ2) is 9.18. The Morgan fingerprint density at radius 2 is 1.79 bits per heavy atom. The summed E-state index contributed by atoms with van der Waals surface area (Å²) in [7, 11) is 3.12. The molecule has 0 radical (unpaired) electrons. The van der Waals surface area contributed by atoms with Crippen LogP contribution >= 0.6 is 0 Å². The van der Waals surface area contributed by atoms with Crippen LogP contribution in [-0.4, -0.2) is 52.0 Å². The molecule has 2 heterocycles. The van der Waals surface area contributed by atoms with Gasteiger partial charge in [0.2, 0.25) is 5.75 Å². The molecule has 2 aromatic rings. The number of nitrogens with one attached hydrogen (secondary N) is 1. The number of rotatable bonds is 8. The molecule has 3 aliphatic rings. The lowest BCUT2D eigenvalue weighted by molar-refractivity contribution is -0.161. The number of methoxy groups -OCH3 is 2. The summed E-state index contributed by atoms with van der Waals surface area (Å²) in [4.78, 5) is 25.2. The highest BCUT2D eigenvalue weighted by atomic mass is 16.6. The Morgan fingerprint density at radius 1 is 1.03 bits per heavy atom. The molecule has 0 spiro atoms. The van der Waals surface area contributed by atoms with Crippen LogP contribution in [0.4, 0.5) is 0 Å². The minimum atomic E-state index is -0.653. The quantitative estimate of drug-likeness (QED) is 0.594. The lowest BCUT2D eigenvalue weighted by Gasteiger charge is -2.25. The van der Waals surface area contributed by atoms with Crippen LogP contribution in [0.5, 0.6) is 17.2 Å². The summed E-state index contributed by atoms with van der Waals surface area (Å²) in [6.07, 6.45) is 2.79. The topological polar surface area (TPSA) is 92.3 Å². The van der Waals surface area contributed by atoms with Gasteiger partial charge in [0.15, 0.2) is 11.5 Å². The first-order valence-electron chi connectivity index (χ1n) is 11.6. The van der Waals surface area contributed by atoms with Crippen molar-refractivity contribution in [2.75, 3.05) is 34.0 Å². The molecule has 0 aromatic heterocycles. The number of ether oxygens (including phenoxy) is 5. The predicted octanol–water partition coefficient (Wildman–Crippen LogP) is 3.50. The SMILES string of the molecule is COc1ccc(-c2cccc3c2CNC3=O)c(OCC2(C(=O)OC3CCOCC3)CC2)c1OC. The van der Waals surface area contributed by atoms with Crippen LogP contribution in [0, 0.1) is 5.41 Å². The largest absolute Gasteiger partial charge is 0.493 e. The predicted molar refractivity (Wildman–Crippen MR) is 123 cm³/mol. The molecule has 2 fully saturated rings. The van der Waals surface area contributed by atoms with E-state index in [4.69, 9.17) is 23.7 Å². The van der Waals surface area contributed by atoms with E-state index in [1.54, 1.807) is 14.2 Å². The van der Waals surface area contributed by atoms with E-state index in [9.17, 15) is 9.59 Å². The Kier molecular flexibility index (Phi) is 6.08. The summed E-state index contributed by atoms with van der Waals surface area (Å²) >= 11 is 0. The van der Waals surface area contributed by atoms with Crippen LogP contribution in [0.15, 0.2) is 30.3 Å². The molecule has 2 aliphatic heterocycles. The van der Waals surface area contributed by atoms with E-state index in [1.165, 1.54) is 0 Å². The second-order valence-corrected chi connectivity index (χ2v) is 8.98. The number of amides is 1. The molecule has 8 heteroatoms. The first kappa shape index (κ1) is 22.5. The average molecular weight is 468 g/mol. The maximum atomic E-state index is 13.0. The van der Waals surface area contributed by atoms with Crippen molar-refractivity contribution in [2.45, 2.75) is 38.3 Å². The van der Waals surface area contributed by atoms with Gasteiger partial charge in [0.25, 0.3) is 5.91 Å². The first-order valence-corrected chi connectivity index (χ1v) is 11.6. The first-order chi connectivity index (χ1) is 16.6. The van der Waals surface area contributed by atoms with E-state index in [0.29, 0.717) is 42.6 Å². The van der Waals surface area contributed by atoms with E-state index in [2.05, 4.69) is 5.32 Å². The highest BCUT2D eigenvalue weighted by Gasteiger charge is 2.53. The molecular weight excluding hydrogens is 438 g/mol. The molecule has 1 saturated carbocycles. The summed E-state index contributed by atoms with van der Waals surface area (Å²) in [5.41, 5.74) is 2.56. The summed E-state index contributed by atoms with van der Waals surface area (Å²) in [6, 6.07) is 9.34. The summed E-state index contributed by atoms with van der Waals surface area (Å²) in [5, 5.41) is 2.88. The van der Waals surface area contributed by atoms with Gasteiger partial charge in [0.05, 0.1) is 27.4 Å². The Bertz CT molecular complexity index is 1100. The third-order valence-corrected chi connectivity index (χ3v) is 6.86. The fraction of sp³-hybridized carbons (Fsp3) is 0.462. The molecule has 1 amide bonds. The molecule has 2 aromatic carbocycles. The molecule has 0 unspecified atom stereocenters. The van der Waals surface area contributed by atoms with Crippen molar-refractivity contribution < 1.29 is 33.3 Å². The molecule has 0 atom stereocenters. The van der Waals surface area contributed by atoms with E-state index < -0.39 is 5.41 Å². The summed E-state index contributed by atoms with van der Waals surface area (Å²) < 4.78 is 28.7. The second-order valence-electron chi connectivity index (χ2n) is 8.98. The van der Waals surface area contributed by atoms with Gasteiger partial charge >= 0.3 is 5.97 Å². The standard InChI is InChI=1S/C26H29NO7/c1-30-21-7-6-18(17-4-3-5-19-20(17)14-27-24(19)28)22(23(21)31-2)33-15-26(10-11-26)25(29)34-16-8-12-32-13-9-16/h3-7,16H,8-15H2,1-2H3,(H,27,28). The normalized spacial score (nSPS) is 18.6. The molecule has 1 aliphatic carbocycles. The van der Waals surface area contributed by atoms with Crippen molar-refractivity contribution in [3.63, 3.8) is 0 Å². The van der Waals surface area contributed by atoms with Gasteiger partial charge in [-0.25, -0.2) is 0 Å². The number of carbonyl (C=O) groups excluding carboxylic acids is 2. The summed E-state index contributed by atoms with van der Waals surface area (Å²) in [5.74, 6) is 1.16. The van der Waals surface area contributed by atoms with Crippen LogP contribution in [-0.2, 0) is 20.8 Å². The van der Waals surface area contributed by atoms with Crippen molar-refractivity contribution in [1.29, 1.82) is 0 Å². The Morgan fingerprint density at radius 3 is 2.50 bits per heavy atom. The van der Waals surface area contributed by atoms with Crippen LogP contribution < -0.4 is 19.5 Å². The van der Waals surface area contributed by atoms with Crippen LogP contribution in [0.2, 0.25) is 0 Å². The van der Waals surface area contributed by atoms with Crippen molar-refractivity contribution >= 4 is 11.9 Å². The van der Waals surface area contributed by atoms with Crippen LogP contribution in [0.3, 0.4) is 0 Å². The third kappa shape index (κ3) is 4.07. The van der Waals surface area contributed by atoms with Crippen molar-refractivity contribution in [1.82, 2.24) is 5.32 Å². The van der Waals surface area contributed by atoms with Gasteiger partial charge in [-0.05, 0) is 42.2 Å². The fourth-order valence-electron chi connectivity index (χ4n) is 4.60. The zero-order valence-electron chi connectivity index (χ0n) is 19.5. The Labute approximate surface area is 198 Å². The maximum absolute atomic E-state index is 13.0. The van der Waals surface area contributed by atoms with E-state index >= 15 is 0 Å². The molecule has 1 saturated heterocycles. The van der Waals surface area contributed by atoms with E-state index in [-0.39, 0.29) is 24.6 Å². The number of esters is 1. The highest BCUT2D eigenvalue weighted by molar-refractivity contribution is 6.01. The number of hydrogen-bond acceptors (Lipinski definition) is 7. The van der Waals surface area contributed by atoms with Gasteiger partial charge in [-0.3, -0.25) is 9.59 Å². The molecular formula is C26H29NO7. The van der Waals surface area contributed by atoms with Gasteiger partial charge in [-0.2, -0.15) is 0 Å². The summed E-state index contributed by atoms with van der Waals surface area (Å²) in [6.45, 7) is 1.85. The van der Waals surface area contributed by atoms with Crippen molar-refractivity contribution in [2.24, 2.45) is 5.41 Å². The van der Waals surface area contributed by atoms with Gasteiger partial charge < -0.3 is 29.0 Å². The lowest BCUT2D eigenvalue weighted by atomic mass is 9.95. The highest BCUT2D eigenvalue weighted by Crippen LogP contribution is 2.51. The van der Waals surface area contributed by atoms with Crippen LogP contribution in [0.1, 0.15) is 41.6 Å². The molecule has 5 rings (SSSR count). The molecule has 8 nitrogen and oxygen atoms in total. The van der Waals surface area contributed by atoms with Gasteiger partial charge in [-0.15, -0.1) is 0 Å². The lowest BCUT2D eigenvalue weighted by Crippen LogP contribution is -2.32. The van der Waals surface area contributed by atoms with Gasteiger partial charge in [0.1, 0.15) is 18.1 Å².